The van der Waals surface area contributed by atoms with Crippen LogP contribution in [-0.2, 0) is 23.9 Å². The van der Waals surface area contributed by atoms with Gasteiger partial charge in [0.05, 0.1) is 27.1 Å². The molecule has 0 aromatic rings. The van der Waals surface area contributed by atoms with Crippen molar-refractivity contribution in [2.75, 3.05) is 33.9 Å². The molecule has 0 bridgehead atoms. The molecular weight excluding hydrogens is 278 g/mol. The van der Waals surface area contributed by atoms with Gasteiger partial charge in [0.15, 0.2) is 0 Å². The number of carbonyl (C=O) groups excluding carboxylic acids is 2. The van der Waals surface area contributed by atoms with Gasteiger partial charge in [0, 0.05) is 19.5 Å². The van der Waals surface area contributed by atoms with E-state index in [4.69, 9.17) is 5.11 Å². The minimum atomic E-state index is -0.789. The summed E-state index contributed by atoms with van der Waals surface area (Å²) in [6, 6.07) is 0. The third-order valence-corrected chi connectivity index (χ3v) is 3.08. The molecule has 0 spiro atoms. The van der Waals surface area contributed by atoms with Crippen molar-refractivity contribution >= 4 is 17.9 Å². The third kappa shape index (κ3) is 11.9. The zero-order valence-corrected chi connectivity index (χ0v) is 12.8. The predicted molar refractivity (Wildman–Crippen MR) is 75.8 cm³/mol. The molecule has 122 valence electrons. The molecule has 0 saturated carbocycles. The molecule has 7 nitrogen and oxygen atoms in total. The van der Waals surface area contributed by atoms with Crippen molar-refractivity contribution in [3.8, 4) is 0 Å². The first-order valence-corrected chi connectivity index (χ1v) is 7.07. The molecule has 0 fully saturated rings. The van der Waals surface area contributed by atoms with Crippen LogP contribution in [-0.4, -0.2) is 61.8 Å². The molecule has 0 aliphatic rings. The number of carboxylic acids is 1. The Kier molecular flexibility index (Phi) is 11.2. The average molecular weight is 303 g/mol. The van der Waals surface area contributed by atoms with E-state index in [1.54, 1.807) is 0 Å². The van der Waals surface area contributed by atoms with Gasteiger partial charge in [-0.1, -0.05) is 6.42 Å². The van der Waals surface area contributed by atoms with Crippen molar-refractivity contribution in [1.82, 2.24) is 4.90 Å². The molecule has 0 heterocycles. The van der Waals surface area contributed by atoms with Gasteiger partial charge in [-0.05, 0) is 19.4 Å². The van der Waals surface area contributed by atoms with Gasteiger partial charge in [-0.25, -0.2) is 0 Å². The SMILES string of the molecule is COC(=O)CCN(CCCCCC(=O)O)CCC(=O)OC. The summed E-state index contributed by atoms with van der Waals surface area (Å²) in [6.07, 6.45) is 2.98. The standard InChI is InChI=1S/C14H25NO6/c1-20-13(18)7-10-15(11-8-14(19)21-2)9-5-3-4-6-12(16)17/h3-11H2,1-2H3,(H,16,17). The summed E-state index contributed by atoms with van der Waals surface area (Å²) in [4.78, 5) is 34.7. The van der Waals surface area contributed by atoms with Crippen LogP contribution in [0.4, 0.5) is 0 Å². The Hall–Kier alpha value is -1.63. The Morgan fingerprint density at radius 3 is 1.76 bits per heavy atom. The normalized spacial score (nSPS) is 10.4. The summed E-state index contributed by atoms with van der Waals surface area (Å²) < 4.78 is 9.19. The molecule has 21 heavy (non-hydrogen) atoms. The van der Waals surface area contributed by atoms with Crippen molar-refractivity contribution in [3.63, 3.8) is 0 Å². The number of aliphatic carboxylic acids is 1. The lowest BCUT2D eigenvalue weighted by atomic mass is 10.2. The summed E-state index contributed by atoms with van der Waals surface area (Å²) in [5, 5.41) is 8.55. The van der Waals surface area contributed by atoms with E-state index in [1.807, 2.05) is 4.90 Å². The van der Waals surface area contributed by atoms with Gasteiger partial charge >= 0.3 is 17.9 Å². The number of carbonyl (C=O) groups is 3. The Bertz CT molecular complexity index is 311. The number of methoxy groups -OCH3 is 2. The van der Waals surface area contributed by atoms with Crippen LogP contribution >= 0.6 is 0 Å². The lowest BCUT2D eigenvalue weighted by Crippen LogP contribution is -2.30. The maximum absolute atomic E-state index is 11.2. The van der Waals surface area contributed by atoms with E-state index in [0.717, 1.165) is 12.8 Å². The highest BCUT2D eigenvalue weighted by Gasteiger charge is 2.11. The molecule has 0 aliphatic heterocycles. The fourth-order valence-corrected chi connectivity index (χ4v) is 1.83. The molecule has 0 unspecified atom stereocenters. The van der Waals surface area contributed by atoms with Crippen molar-refractivity contribution < 1.29 is 29.0 Å². The fraction of sp³-hybridized carbons (Fsp3) is 0.786. The minimum absolute atomic E-state index is 0.171. The van der Waals surface area contributed by atoms with Crippen LogP contribution in [0.2, 0.25) is 0 Å². The first-order valence-electron chi connectivity index (χ1n) is 7.07. The Morgan fingerprint density at radius 2 is 1.33 bits per heavy atom. The van der Waals surface area contributed by atoms with Crippen molar-refractivity contribution in [2.45, 2.75) is 38.5 Å². The van der Waals surface area contributed by atoms with Gasteiger partial charge in [0.2, 0.25) is 0 Å². The molecule has 0 aromatic carbocycles. The molecule has 0 atom stereocenters. The largest absolute Gasteiger partial charge is 0.481 e. The van der Waals surface area contributed by atoms with Crippen LogP contribution in [0.5, 0.6) is 0 Å². The number of carboxylic acid groups (broad SMARTS) is 1. The molecular formula is C14H25NO6. The molecule has 0 aromatic heterocycles. The van der Waals surface area contributed by atoms with Gasteiger partial charge in [-0.2, -0.15) is 0 Å². The fourth-order valence-electron chi connectivity index (χ4n) is 1.83. The topological polar surface area (TPSA) is 93.1 Å². The summed E-state index contributed by atoms with van der Waals surface area (Å²) in [5.74, 6) is -1.36. The number of rotatable bonds is 12. The lowest BCUT2D eigenvalue weighted by molar-refractivity contribution is -0.141. The molecule has 0 rings (SSSR count). The highest BCUT2D eigenvalue weighted by atomic mass is 16.5. The summed E-state index contributed by atoms with van der Waals surface area (Å²) >= 11 is 0. The molecule has 1 N–H and O–H groups in total. The van der Waals surface area contributed by atoms with E-state index in [-0.39, 0.29) is 31.2 Å². The minimum Gasteiger partial charge on any atom is -0.481 e. The van der Waals surface area contributed by atoms with Gasteiger partial charge in [-0.15, -0.1) is 0 Å². The van der Waals surface area contributed by atoms with Gasteiger partial charge in [0.1, 0.15) is 0 Å². The Balaban J connectivity index is 4.02. The van der Waals surface area contributed by atoms with E-state index in [9.17, 15) is 14.4 Å². The second-order valence-corrected chi connectivity index (χ2v) is 4.70. The van der Waals surface area contributed by atoms with Crippen LogP contribution in [0, 0.1) is 0 Å². The summed E-state index contributed by atoms with van der Waals surface area (Å²) in [6.45, 7) is 1.75. The van der Waals surface area contributed by atoms with Crippen molar-refractivity contribution in [2.24, 2.45) is 0 Å². The van der Waals surface area contributed by atoms with E-state index in [2.05, 4.69) is 9.47 Å². The van der Waals surface area contributed by atoms with E-state index in [1.165, 1.54) is 14.2 Å². The van der Waals surface area contributed by atoms with Gasteiger partial charge in [-0.3, -0.25) is 14.4 Å². The highest BCUT2D eigenvalue weighted by Crippen LogP contribution is 2.04. The molecule has 0 aliphatic carbocycles. The van der Waals surface area contributed by atoms with Crippen LogP contribution in [0.1, 0.15) is 38.5 Å². The molecule has 0 saturated heterocycles. The van der Waals surface area contributed by atoms with E-state index in [0.29, 0.717) is 26.1 Å². The average Bonchev–Trinajstić information content (AvgIpc) is 2.47. The zero-order valence-electron chi connectivity index (χ0n) is 12.8. The summed E-state index contributed by atoms with van der Waals surface area (Å²) in [5.41, 5.74) is 0. The van der Waals surface area contributed by atoms with Crippen LogP contribution in [0.25, 0.3) is 0 Å². The monoisotopic (exact) mass is 303 g/mol. The summed E-state index contributed by atoms with van der Waals surface area (Å²) in [7, 11) is 2.68. The number of ether oxygens (including phenoxy) is 2. The number of nitrogens with zero attached hydrogens (tertiary/aromatic N) is 1. The van der Waals surface area contributed by atoms with Crippen molar-refractivity contribution in [3.05, 3.63) is 0 Å². The van der Waals surface area contributed by atoms with Crippen LogP contribution < -0.4 is 0 Å². The first-order chi connectivity index (χ1) is 9.99. The second-order valence-electron chi connectivity index (χ2n) is 4.70. The maximum atomic E-state index is 11.2. The Morgan fingerprint density at radius 1 is 0.810 bits per heavy atom. The lowest BCUT2D eigenvalue weighted by Gasteiger charge is -2.21. The predicted octanol–water partition coefficient (Wildman–Crippen LogP) is 1.06. The number of hydrogen-bond acceptors (Lipinski definition) is 6. The van der Waals surface area contributed by atoms with E-state index < -0.39 is 5.97 Å². The van der Waals surface area contributed by atoms with Crippen LogP contribution in [0.3, 0.4) is 0 Å². The third-order valence-electron chi connectivity index (χ3n) is 3.08. The number of esters is 2. The highest BCUT2D eigenvalue weighted by molar-refractivity contribution is 5.70. The number of unbranched alkanes of at least 4 members (excludes halogenated alkanes) is 2. The molecule has 7 heteroatoms. The first kappa shape index (κ1) is 19.4. The van der Waals surface area contributed by atoms with Gasteiger partial charge < -0.3 is 19.5 Å². The van der Waals surface area contributed by atoms with Crippen molar-refractivity contribution in [1.29, 1.82) is 0 Å². The molecule has 0 amide bonds. The quantitative estimate of drug-likeness (QED) is 0.425. The zero-order chi connectivity index (χ0) is 16.1. The second kappa shape index (κ2) is 12.1. The molecule has 0 radical (unpaired) electrons. The smallest absolute Gasteiger partial charge is 0.306 e. The van der Waals surface area contributed by atoms with Gasteiger partial charge in [0.25, 0.3) is 0 Å². The number of hydrogen-bond donors (Lipinski definition) is 1. The Labute approximate surface area is 125 Å². The van der Waals surface area contributed by atoms with E-state index >= 15 is 0 Å². The van der Waals surface area contributed by atoms with Crippen LogP contribution in [0.15, 0.2) is 0 Å². The maximum Gasteiger partial charge on any atom is 0.306 e.